The second-order valence-electron chi connectivity index (χ2n) is 4.03. The Morgan fingerprint density at radius 2 is 2.11 bits per heavy atom. The zero-order valence-corrected chi connectivity index (χ0v) is 11.5. The molecule has 0 aliphatic carbocycles. The number of nitrogens with one attached hydrogen (secondary N) is 1. The minimum atomic E-state index is -0.164. The normalized spacial score (nSPS) is 10.4. The molecule has 1 aromatic rings. The van der Waals surface area contributed by atoms with Gasteiger partial charge in [-0.2, -0.15) is 0 Å². The molecule has 0 atom stereocenters. The molecule has 3 N–H and O–H groups in total. The number of anilines is 1. The van der Waals surface area contributed by atoms with E-state index < -0.39 is 0 Å². The van der Waals surface area contributed by atoms with E-state index in [1.54, 1.807) is 18.2 Å². The van der Waals surface area contributed by atoms with Crippen molar-refractivity contribution < 1.29 is 9.53 Å². The minimum absolute atomic E-state index is 0.0789. The van der Waals surface area contributed by atoms with Crippen LogP contribution in [0.5, 0.6) is 5.75 Å². The van der Waals surface area contributed by atoms with Gasteiger partial charge in [0, 0.05) is 6.04 Å². The molecule has 0 spiro atoms. The van der Waals surface area contributed by atoms with Crippen LogP contribution in [-0.4, -0.2) is 18.6 Å². The third kappa shape index (κ3) is 4.11. The van der Waals surface area contributed by atoms with E-state index in [2.05, 4.69) is 5.32 Å². The van der Waals surface area contributed by atoms with E-state index in [4.69, 9.17) is 22.1 Å². The smallest absolute Gasteiger partial charge is 0.258 e. The van der Waals surface area contributed by atoms with Crippen LogP contribution in [-0.2, 0) is 4.79 Å². The predicted octanol–water partition coefficient (Wildman–Crippen LogP) is 2.61. The lowest BCUT2D eigenvalue weighted by atomic mass is 10.2. The first-order valence-corrected chi connectivity index (χ1v) is 6.42. The Balaban J connectivity index is 2.52. The lowest BCUT2D eigenvalue weighted by molar-refractivity contribution is -0.123. The summed E-state index contributed by atoms with van der Waals surface area (Å²) in [5.41, 5.74) is 6.15. The summed E-state index contributed by atoms with van der Waals surface area (Å²) in [4.78, 5) is 11.6. The van der Waals surface area contributed by atoms with Crippen molar-refractivity contribution in [1.29, 1.82) is 0 Å². The number of hydrogen-bond donors (Lipinski definition) is 2. The van der Waals surface area contributed by atoms with E-state index >= 15 is 0 Å². The molecule has 0 aliphatic heterocycles. The van der Waals surface area contributed by atoms with Gasteiger partial charge in [0.2, 0.25) is 0 Å². The number of halogens is 1. The van der Waals surface area contributed by atoms with Crippen molar-refractivity contribution in [2.45, 2.75) is 32.7 Å². The van der Waals surface area contributed by atoms with Crippen LogP contribution in [0.25, 0.3) is 0 Å². The molecule has 4 nitrogen and oxygen atoms in total. The number of benzene rings is 1. The third-order valence-corrected chi connectivity index (χ3v) is 2.99. The first-order valence-electron chi connectivity index (χ1n) is 6.04. The highest BCUT2D eigenvalue weighted by atomic mass is 35.5. The number of para-hydroxylation sites is 1. The van der Waals surface area contributed by atoms with Gasteiger partial charge < -0.3 is 15.8 Å². The van der Waals surface area contributed by atoms with E-state index in [9.17, 15) is 4.79 Å². The van der Waals surface area contributed by atoms with Crippen molar-refractivity contribution in [1.82, 2.24) is 5.32 Å². The Kier molecular flexibility index (Phi) is 5.78. The minimum Gasteiger partial charge on any atom is -0.480 e. The molecule has 0 bridgehead atoms. The highest BCUT2D eigenvalue weighted by Gasteiger charge is 2.11. The maximum atomic E-state index is 11.6. The molecular weight excluding hydrogens is 252 g/mol. The highest BCUT2D eigenvalue weighted by molar-refractivity contribution is 6.32. The molecule has 1 rings (SSSR count). The van der Waals surface area contributed by atoms with Crippen LogP contribution in [0, 0.1) is 0 Å². The van der Waals surface area contributed by atoms with Gasteiger partial charge in [-0.05, 0) is 25.0 Å². The van der Waals surface area contributed by atoms with Gasteiger partial charge in [-0.1, -0.05) is 31.5 Å². The molecule has 18 heavy (non-hydrogen) atoms. The monoisotopic (exact) mass is 270 g/mol. The average Bonchev–Trinajstić information content (AvgIpc) is 2.35. The van der Waals surface area contributed by atoms with Gasteiger partial charge in [0.15, 0.2) is 12.4 Å². The van der Waals surface area contributed by atoms with Crippen molar-refractivity contribution in [3.63, 3.8) is 0 Å². The number of carbonyl (C=O) groups excluding carboxylic acids is 1. The van der Waals surface area contributed by atoms with E-state index in [0.717, 1.165) is 12.8 Å². The third-order valence-electron chi connectivity index (χ3n) is 2.70. The Labute approximate surface area is 112 Å². The number of hydrogen-bond acceptors (Lipinski definition) is 3. The van der Waals surface area contributed by atoms with Gasteiger partial charge in [-0.15, -0.1) is 0 Å². The fraction of sp³-hybridized carbons (Fsp3) is 0.462. The van der Waals surface area contributed by atoms with Gasteiger partial charge in [0.1, 0.15) is 0 Å². The van der Waals surface area contributed by atoms with E-state index in [1.807, 2.05) is 13.8 Å². The lowest BCUT2D eigenvalue weighted by Crippen LogP contribution is -2.37. The molecule has 0 aliphatic rings. The second-order valence-corrected chi connectivity index (χ2v) is 4.43. The van der Waals surface area contributed by atoms with E-state index in [-0.39, 0.29) is 18.6 Å². The highest BCUT2D eigenvalue weighted by Crippen LogP contribution is 2.30. The van der Waals surface area contributed by atoms with Crippen molar-refractivity contribution in [2.24, 2.45) is 0 Å². The molecule has 0 aromatic heterocycles. The second kappa shape index (κ2) is 7.11. The first-order chi connectivity index (χ1) is 8.58. The summed E-state index contributed by atoms with van der Waals surface area (Å²) in [6, 6.07) is 5.27. The molecule has 0 radical (unpaired) electrons. The van der Waals surface area contributed by atoms with Crippen molar-refractivity contribution in [3.05, 3.63) is 23.2 Å². The Hall–Kier alpha value is -1.42. The lowest BCUT2D eigenvalue weighted by Gasteiger charge is -2.15. The van der Waals surface area contributed by atoms with Crippen LogP contribution in [0.2, 0.25) is 5.02 Å². The van der Waals surface area contributed by atoms with Crippen LogP contribution in [0.3, 0.4) is 0 Å². The topological polar surface area (TPSA) is 64.3 Å². The van der Waals surface area contributed by atoms with Crippen molar-refractivity contribution in [3.8, 4) is 5.75 Å². The van der Waals surface area contributed by atoms with Crippen molar-refractivity contribution >= 4 is 23.2 Å². The van der Waals surface area contributed by atoms with Crippen LogP contribution >= 0.6 is 11.6 Å². The zero-order chi connectivity index (χ0) is 13.5. The summed E-state index contributed by atoms with van der Waals surface area (Å²) < 4.78 is 5.35. The standard InChI is InChI=1S/C13H19ClN2O2/c1-3-9(4-2)16-12(17)8-18-13-10(14)6-5-7-11(13)15/h5-7,9H,3-4,8,15H2,1-2H3,(H,16,17). The predicted molar refractivity (Wildman–Crippen MR) is 73.9 cm³/mol. The van der Waals surface area contributed by atoms with Gasteiger partial charge in [-0.25, -0.2) is 0 Å². The molecule has 100 valence electrons. The summed E-state index contributed by atoms with van der Waals surface area (Å²) in [6.45, 7) is 3.98. The SMILES string of the molecule is CCC(CC)NC(=O)COc1c(N)cccc1Cl. The molecule has 5 heteroatoms. The molecular formula is C13H19ClN2O2. The number of ether oxygens (including phenoxy) is 1. The van der Waals surface area contributed by atoms with Crippen LogP contribution in [0.15, 0.2) is 18.2 Å². The molecule has 0 unspecified atom stereocenters. The summed E-state index contributed by atoms with van der Waals surface area (Å²) in [5.74, 6) is 0.196. The Bertz CT molecular complexity index is 386. The van der Waals surface area contributed by atoms with E-state index in [0.29, 0.717) is 16.5 Å². The van der Waals surface area contributed by atoms with Crippen LogP contribution in [0.1, 0.15) is 26.7 Å². The number of amides is 1. The van der Waals surface area contributed by atoms with Gasteiger partial charge in [0.05, 0.1) is 10.7 Å². The fourth-order valence-electron chi connectivity index (χ4n) is 1.58. The van der Waals surface area contributed by atoms with Crippen LogP contribution in [0.4, 0.5) is 5.69 Å². The quantitative estimate of drug-likeness (QED) is 0.781. The summed E-state index contributed by atoms with van der Waals surface area (Å²) in [6.07, 6.45) is 1.80. The van der Waals surface area contributed by atoms with Gasteiger partial charge >= 0.3 is 0 Å². The maximum absolute atomic E-state index is 11.6. The summed E-state index contributed by atoms with van der Waals surface area (Å²) in [5, 5.41) is 3.29. The largest absolute Gasteiger partial charge is 0.480 e. The molecule has 0 saturated carbocycles. The first kappa shape index (κ1) is 14.6. The average molecular weight is 271 g/mol. The van der Waals surface area contributed by atoms with Gasteiger partial charge in [-0.3, -0.25) is 4.79 Å². The number of rotatable bonds is 6. The Morgan fingerprint density at radius 1 is 1.44 bits per heavy atom. The molecule has 0 heterocycles. The number of nitrogens with two attached hydrogens (primary N) is 1. The fourth-order valence-corrected chi connectivity index (χ4v) is 1.81. The zero-order valence-electron chi connectivity index (χ0n) is 10.7. The number of nitrogen functional groups attached to an aromatic ring is 1. The van der Waals surface area contributed by atoms with Crippen LogP contribution < -0.4 is 15.8 Å². The molecule has 0 saturated heterocycles. The van der Waals surface area contributed by atoms with Gasteiger partial charge in [0.25, 0.3) is 5.91 Å². The molecule has 1 aromatic carbocycles. The Morgan fingerprint density at radius 3 is 2.67 bits per heavy atom. The van der Waals surface area contributed by atoms with Crippen molar-refractivity contribution in [2.75, 3.05) is 12.3 Å². The van der Waals surface area contributed by atoms with E-state index in [1.165, 1.54) is 0 Å². The molecule has 0 fully saturated rings. The number of carbonyl (C=O) groups is 1. The maximum Gasteiger partial charge on any atom is 0.258 e. The summed E-state index contributed by atoms with van der Waals surface area (Å²) in [7, 11) is 0. The molecule has 1 amide bonds. The summed E-state index contributed by atoms with van der Waals surface area (Å²) >= 11 is 5.94.